The number of hydrogen-bond acceptors (Lipinski definition) is 2. The molecule has 1 unspecified atom stereocenters. The number of alkyl halides is 1. The molecule has 1 heterocycles. The van der Waals surface area contributed by atoms with Gasteiger partial charge in [0.1, 0.15) is 0 Å². The Morgan fingerprint density at radius 1 is 1.05 bits per heavy atom. The lowest BCUT2D eigenvalue weighted by Gasteiger charge is -2.16. The summed E-state index contributed by atoms with van der Waals surface area (Å²) < 4.78 is 0. The summed E-state index contributed by atoms with van der Waals surface area (Å²) in [6.07, 6.45) is 0.497. The fraction of sp³-hybridized carbons (Fsp3) is 0.176. The van der Waals surface area contributed by atoms with Gasteiger partial charge in [-0.3, -0.25) is 9.59 Å². The second-order valence-electron chi connectivity index (χ2n) is 5.05. The van der Waals surface area contributed by atoms with Crippen molar-refractivity contribution >= 4 is 33.3 Å². The standard InChI is InChI=1S/C17H14BrNO2/c18-14-10-16(20)19(11-14)15-8-4-7-13(9-15)17(21)12-5-2-1-3-6-12/h1-9,14H,10-11H2. The van der Waals surface area contributed by atoms with Crippen LogP contribution in [-0.2, 0) is 4.79 Å². The molecule has 0 saturated carbocycles. The third-order valence-corrected chi connectivity index (χ3v) is 4.15. The summed E-state index contributed by atoms with van der Waals surface area (Å²) in [6.45, 7) is 0.641. The highest BCUT2D eigenvalue weighted by atomic mass is 79.9. The van der Waals surface area contributed by atoms with Gasteiger partial charge < -0.3 is 4.90 Å². The van der Waals surface area contributed by atoms with Gasteiger partial charge in [-0.05, 0) is 12.1 Å². The zero-order valence-corrected chi connectivity index (χ0v) is 12.9. The summed E-state index contributed by atoms with van der Waals surface area (Å²) in [5.41, 5.74) is 2.04. The summed E-state index contributed by atoms with van der Waals surface area (Å²) in [7, 11) is 0. The maximum absolute atomic E-state index is 12.4. The van der Waals surface area contributed by atoms with Crippen molar-refractivity contribution in [2.45, 2.75) is 11.2 Å². The normalized spacial score (nSPS) is 18.0. The van der Waals surface area contributed by atoms with Gasteiger partial charge >= 0.3 is 0 Å². The fourth-order valence-corrected chi connectivity index (χ4v) is 3.05. The number of anilines is 1. The average Bonchev–Trinajstić information content (AvgIpc) is 2.86. The number of nitrogens with zero attached hydrogens (tertiary/aromatic N) is 1. The molecule has 2 aromatic carbocycles. The van der Waals surface area contributed by atoms with Crippen LogP contribution < -0.4 is 4.90 Å². The minimum Gasteiger partial charge on any atom is -0.311 e. The molecule has 1 saturated heterocycles. The number of carbonyl (C=O) groups excluding carboxylic acids is 2. The molecular formula is C17H14BrNO2. The minimum absolute atomic E-state index is 0.0283. The van der Waals surface area contributed by atoms with E-state index in [9.17, 15) is 9.59 Å². The van der Waals surface area contributed by atoms with E-state index in [4.69, 9.17) is 0 Å². The van der Waals surface area contributed by atoms with Gasteiger partial charge in [-0.1, -0.05) is 58.4 Å². The van der Waals surface area contributed by atoms with Crippen LogP contribution in [0.4, 0.5) is 5.69 Å². The van der Waals surface area contributed by atoms with E-state index in [1.807, 2.05) is 30.3 Å². The molecule has 1 atom stereocenters. The lowest BCUT2D eigenvalue weighted by molar-refractivity contribution is -0.117. The van der Waals surface area contributed by atoms with Gasteiger partial charge in [0.25, 0.3) is 0 Å². The topological polar surface area (TPSA) is 37.4 Å². The van der Waals surface area contributed by atoms with E-state index >= 15 is 0 Å². The number of hydrogen-bond donors (Lipinski definition) is 0. The van der Waals surface area contributed by atoms with Crippen LogP contribution in [0.3, 0.4) is 0 Å². The minimum atomic E-state index is -0.0283. The van der Waals surface area contributed by atoms with Crippen molar-refractivity contribution in [2.24, 2.45) is 0 Å². The molecule has 4 heteroatoms. The molecule has 0 aliphatic carbocycles. The maximum Gasteiger partial charge on any atom is 0.228 e. The molecule has 21 heavy (non-hydrogen) atoms. The zero-order valence-electron chi connectivity index (χ0n) is 11.3. The molecular weight excluding hydrogens is 330 g/mol. The fourth-order valence-electron chi connectivity index (χ4n) is 2.48. The summed E-state index contributed by atoms with van der Waals surface area (Å²) in [5, 5.41) is 0. The number of benzene rings is 2. The van der Waals surface area contributed by atoms with Gasteiger partial charge in [0.05, 0.1) is 0 Å². The molecule has 0 radical (unpaired) electrons. The third-order valence-electron chi connectivity index (χ3n) is 3.53. The Hall–Kier alpha value is -1.94. The van der Waals surface area contributed by atoms with Crippen molar-refractivity contribution in [1.29, 1.82) is 0 Å². The van der Waals surface area contributed by atoms with Crippen molar-refractivity contribution < 1.29 is 9.59 Å². The van der Waals surface area contributed by atoms with Crippen LogP contribution in [0.15, 0.2) is 54.6 Å². The Morgan fingerprint density at radius 2 is 1.76 bits per heavy atom. The Bertz CT molecular complexity index is 684. The van der Waals surface area contributed by atoms with E-state index in [2.05, 4.69) is 15.9 Å². The first-order valence-corrected chi connectivity index (χ1v) is 7.71. The Labute approximate surface area is 131 Å². The van der Waals surface area contributed by atoms with Crippen LogP contribution in [0, 0.1) is 0 Å². The summed E-state index contributed by atoms with van der Waals surface area (Å²) in [4.78, 5) is 26.3. The number of carbonyl (C=O) groups is 2. The second-order valence-corrected chi connectivity index (χ2v) is 6.35. The Kier molecular flexibility index (Phi) is 3.88. The number of amides is 1. The van der Waals surface area contributed by atoms with E-state index in [0.717, 1.165) is 5.69 Å². The zero-order chi connectivity index (χ0) is 14.8. The highest BCUT2D eigenvalue weighted by Gasteiger charge is 2.29. The highest BCUT2D eigenvalue weighted by molar-refractivity contribution is 9.09. The van der Waals surface area contributed by atoms with E-state index in [0.29, 0.717) is 24.1 Å². The molecule has 3 nitrogen and oxygen atoms in total. The SMILES string of the molecule is O=C(c1ccccc1)c1cccc(N2CC(Br)CC2=O)c1. The quantitative estimate of drug-likeness (QED) is 0.632. The van der Waals surface area contributed by atoms with Crippen molar-refractivity contribution in [3.05, 3.63) is 65.7 Å². The molecule has 0 N–H and O–H groups in total. The molecule has 1 fully saturated rings. The Morgan fingerprint density at radius 3 is 2.43 bits per heavy atom. The summed E-state index contributed by atoms with van der Waals surface area (Å²) in [5.74, 6) is 0.0562. The van der Waals surface area contributed by atoms with Crippen molar-refractivity contribution in [1.82, 2.24) is 0 Å². The molecule has 2 aromatic rings. The first-order valence-electron chi connectivity index (χ1n) is 6.79. The molecule has 1 aliphatic rings. The van der Waals surface area contributed by atoms with Gasteiger partial charge in [-0.15, -0.1) is 0 Å². The van der Waals surface area contributed by atoms with Crippen LogP contribution in [0.5, 0.6) is 0 Å². The molecule has 0 bridgehead atoms. The van der Waals surface area contributed by atoms with Gasteiger partial charge in [0.2, 0.25) is 5.91 Å². The van der Waals surface area contributed by atoms with Crippen LogP contribution in [0.25, 0.3) is 0 Å². The van der Waals surface area contributed by atoms with Crippen molar-refractivity contribution in [3.63, 3.8) is 0 Å². The average molecular weight is 344 g/mol. The van der Waals surface area contributed by atoms with Crippen LogP contribution in [0.1, 0.15) is 22.3 Å². The van der Waals surface area contributed by atoms with Crippen LogP contribution >= 0.6 is 15.9 Å². The molecule has 0 aromatic heterocycles. The molecule has 3 rings (SSSR count). The summed E-state index contributed by atoms with van der Waals surface area (Å²) >= 11 is 3.47. The number of ketones is 1. The van der Waals surface area contributed by atoms with E-state index in [1.165, 1.54) is 0 Å². The summed E-state index contributed by atoms with van der Waals surface area (Å²) in [6, 6.07) is 16.4. The second kappa shape index (κ2) is 5.82. The number of rotatable bonds is 3. The van der Waals surface area contributed by atoms with Crippen molar-refractivity contribution in [2.75, 3.05) is 11.4 Å². The monoisotopic (exact) mass is 343 g/mol. The first kappa shape index (κ1) is 14.0. The number of halogens is 1. The van der Waals surface area contributed by atoms with Gasteiger partial charge in [-0.2, -0.15) is 0 Å². The van der Waals surface area contributed by atoms with Crippen LogP contribution in [-0.4, -0.2) is 23.1 Å². The van der Waals surface area contributed by atoms with E-state index in [1.54, 1.807) is 29.2 Å². The maximum atomic E-state index is 12.4. The van der Waals surface area contributed by atoms with E-state index < -0.39 is 0 Å². The van der Waals surface area contributed by atoms with Gasteiger partial charge in [-0.25, -0.2) is 0 Å². The van der Waals surface area contributed by atoms with E-state index in [-0.39, 0.29) is 16.5 Å². The largest absolute Gasteiger partial charge is 0.311 e. The smallest absolute Gasteiger partial charge is 0.228 e. The lowest BCUT2D eigenvalue weighted by Crippen LogP contribution is -2.24. The lowest BCUT2D eigenvalue weighted by atomic mass is 10.0. The first-order chi connectivity index (χ1) is 10.1. The molecule has 0 spiro atoms. The molecule has 106 valence electrons. The highest BCUT2D eigenvalue weighted by Crippen LogP contribution is 2.26. The molecule has 1 amide bonds. The van der Waals surface area contributed by atoms with Gasteiger partial charge in [0, 0.05) is 34.6 Å². The third kappa shape index (κ3) is 2.90. The van der Waals surface area contributed by atoms with Crippen LogP contribution in [0.2, 0.25) is 0 Å². The van der Waals surface area contributed by atoms with Gasteiger partial charge in [0.15, 0.2) is 5.78 Å². The predicted octanol–water partition coefficient (Wildman–Crippen LogP) is 3.42. The predicted molar refractivity (Wildman–Crippen MR) is 86.0 cm³/mol. The van der Waals surface area contributed by atoms with Crippen molar-refractivity contribution in [3.8, 4) is 0 Å². The molecule has 1 aliphatic heterocycles. The Balaban J connectivity index is 1.90.